The van der Waals surface area contributed by atoms with Crippen molar-refractivity contribution in [2.45, 2.75) is 89.5 Å². The summed E-state index contributed by atoms with van der Waals surface area (Å²) in [5, 5.41) is 11.3. The maximum atomic E-state index is 11.3. The van der Waals surface area contributed by atoms with E-state index in [-0.39, 0.29) is 5.41 Å². The van der Waals surface area contributed by atoms with Gasteiger partial charge in [0.2, 0.25) is 0 Å². The molecule has 1 aromatic rings. The Labute approximate surface area is 164 Å². The molecule has 0 aliphatic heterocycles. The van der Waals surface area contributed by atoms with Gasteiger partial charge in [-0.1, -0.05) is 25.8 Å². The lowest BCUT2D eigenvalue weighted by atomic mass is 9.48. The molecule has 0 aromatic heterocycles. The van der Waals surface area contributed by atoms with Gasteiger partial charge in [-0.15, -0.1) is 0 Å². The van der Waals surface area contributed by atoms with E-state index in [1.165, 1.54) is 75.3 Å². The second kappa shape index (κ2) is 6.64. The molecule has 5 fully saturated rings. The van der Waals surface area contributed by atoms with Crippen molar-refractivity contribution in [1.82, 2.24) is 0 Å². The number of nitrogens with zero attached hydrogens (tertiary/aromatic N) is 1. The van der Waals surface area contributed by atoms with Crippen LogP contribution < -0.4 is 0 Å². The third-order valence-electron chi connectivity index (χ3n) is 8.36. The number of aryl methyl sites for hydroxylation is 1. The summed E-state index contributed by atoms with van der Waals surface area (Å²) in [6, 6.07) is 4.86. The van der Waals surface area contributed by atoms with Gasteiger partial charge < -0.3 is 5.11 Å². The summed E-state index contributed by atoms with van der Waals surface area (Å²) in [5.74, 6) is 3.91. The summed E-state index contributed by atoms with van der Waals surface area (Å²) in [5.41, 5.74) is 3.72. The maximum Gasteiger partial charge on any atom is 0.128 e. The van der Waals surface area contributed by atoms with Crippen LogP contribution in [0.25, 0.3) is 0 Å². The molecule has 0 heterocycles. The van der Waals surface area contributed by atoms with Crippen LogP contribution in [0.2, 0.25) is 0 Å². The van der Waals surface area contributed by atoms with Gasteiger partial charge in [0.1, 0.15) is 5.75 Å². The number of phenols is 1. The highest BCUT2D eigenvalue weighted by atomic mass is 16.3. The smallest absolute Gasteiger partial charge is 0.128 e. The van der Waals surface area contributed by atoms with E-state index in [1.807, 2.05) is 6.21 Å². The average Bonchev–Trinajstić information content (AvgIpc) is 2.62. The van der Waals surface area contributed by atoms with Gasteiger partial charge in [0.15, 0.2) is 0 Å². The van der Waals surface area contributed by atoms with Crippen LogP contribution in [0.4, 0.5) is 0 Å². The number of rotatable bonds is 3. The minimum atomic E-state index is 0.242. The maximum absolute atomic E-state index is 11.3. The zero-order chi connectivity index (χ0) is 18.6. The van der Waals surface area contributed by atoms with E-state index < -0.39 is 0 Å². The van der Waals surface area contributed by atoms with E-state index in [9.17, 15) is 5.11 Å². The molecule has 0 saturated heterocycles. The molecule has 2 nitrogen and oxygen atoms in total. The summed E-state index contributed by atoms with van der Waals surface area (Å²) in [6.45, 7) is 4.52. The number of hydrogen-bond acceptors (Lipinski definition) is 2. The van der Waals surface area contributed by atoms with Gasteiger partial charge in [-0.3, -0.25) is 4.99 Å². The van der Waals surface area contributed by atoms with Crippen molar-refractivity contribution in [1.29, 1.82) is 0 Å². The van der Waals surface area contributed by atoms with Crippen LogP contribution >= 0.6 is 0 Å². The molecule has 146 valence electrons. The highest BCUT2D eigenvalue weighted by Crippen LogP contribution is 2.62. The molecule has 2 heteroatoms. The predicted octanol–water partition coefficient (Wildman–Crippen LogP) is 6.17. The Balaban J connectivity index is 1.48. The summed E-state index contributed by atoms with van der Waals surface area (Å²) in [7, 11) is 0. The normalized spacial score (nSPS) is 40.7. The number of hydrogen-bond donors (Lipinski definition) is 1. The Morgan fingerprint density at radius 3 is 2.26 bits per heavy atom. The summed E-state index contributed by atoms with van der Waals surface area (Å²) >= 11 is 0. The zero-order valence-corrected chi connectivity index (χ0v) is 17.1. The van der Waals surface area contributed by atoms with Crippen molar-refractivity contribution in [3.05, 3.63) is 28.8 Å². The zero-order valence-electron chi connectivity index (χ0n) is 17.1. The van der Waals surface area contributed by atoms with E-state index in [1.54, 1.807) is 0 Å². The Morgan fingerprint density at radius 2 is 1.63 bits per heavy atom. The minimum absolute atomic E-state index is 0.242. The van der Waals surface area contributed by atoms with Gasteiger partial charge in [0.25, 0.3) is 0 Å². The molecule has 0 spiro atoms. The first kappa shape index (κ1) is 17.8. The number of benzene rings is 1. The van der Waals surface area contributed by atoms with Crippen LogP contribution in [0.5, 0.6) is 5.75 Å². The molecule has 5 aliphatic rings. The van der Waals surface area contributed by atoms with Gasteiger partial charge >= 0.3 is 0 Å². The highest BCUT2D eigenvalue weighted by molar-refractivity contribution is 5.85. The van der Waals surface area contributed by atoms with E-state index in [0.717, 1.165) is 23.3 Å². The van der Waals surface area contributed by atoms with Crippen molar-refractivity contribution >= 4 is 6.21 Å². The van der Waals surface area contributed by atoms with Crippen LogP contribution in [0, 0.1) is 30.6 Å². The minimum Gasteiger partial charge on any atom is -0.507 e. The van der Waals surface area contributed by atoms with Gasteiger partial charge in [0, 0.05) is 17.3 Å². The monoisotopic (exact) mass is 365 g/mol. The molecule has 1 N–H and O–H groups in total. The topological polar surface area (TPSA) is 32.6 Å². The van der Waals surface area contributed by atoms with Crippen LogP contribution in [-0.4, -0.2) is 17.4 Å². The molecular formula is C25H35NO. The first-order valence-corrected chi connectivity index (χ1v) is 11.4. The Morgan fingerprint density at radius 1 is 1.00 bits per heavy atom. The van der Waals surface area contributed by atoms with Crippen molar-refractivity contribution in [2.75, 3.05) is 0 Å². The Bertz CT molecular complexity index is 714. The molecule has 27 heavy (non-hydrogen) atoms. The fourth-order valence-corrected chi connectivity index (χ4v) is 7.44. The van der Waals surface area contributed by atoms with Crippen molar-refractivity contribution in [2.24, 2.45) is 28.7 Å². The summed E-state index contributed by atoms with van der Waals surface area (Å²) in [6.07, 6.45) is 15.4. The lowest BCUT2D eigenvalue weighted by Gasteiger charge is -2.57. The van der Waals surface area contributed by atoms with E-state index >= 15 is 0 Å². The Kier molecular flexibility index (Phi) is 4.37. The second-order valence-electron chi connectivity index (χ2n) is 10.6. The van der Waals surface area contributed by atoms with Crippen LogP contribution in [0.1, 0.15) is 87.8 Å². The van der Waals surface area contributed by atoms with Crippen molar-refractivity contribution < 1.29 is 5.11 Å². The lowest BCUT2D eigenvalue weighted by molar-refractivity contribution is -0.00616. The molecule has 2 unspecified atom stereocenters. The number of phenolic OH excluding ortho intramolecular Hbond substituents is 1. The van der Waals surface area contributed by atoms with Crippen LogP contribution in [-0.2, 0) is 5.41 Å². The molecule has 5 saturated carbocycles. The lowest BCUT2D eigenvalue weighted by Crippen LogP contribution is -2.48. The standard InChI is InChI=1S/C25H35NO/c1-16-7-21(15-26-23-6-4-3-5-17(23)2)24(27)22(8-16)25-12-18-9-19(13-25)11-20(10-18)14-25/h7-8,15,17-20,23,27H,3-6,9-14H2,1-2H3. The molecule has 1 aromatic carbocycles. The first-order chi connectivity index (χ1) is 13.0. The fraction of sp³-hybridized carbons (Fsp3) is 0.720. The molecule has 4 bridgehead atoms. The summed E-state index contributed by atoms with van der Waals surface area (Å²) in [4.78, 5) is 4.94. The molecule has 6 rings (SSSR count). The van der Waals surface area contributed by atoms with Gasteiger partial charge in [0.05, 0.1) is 6.04 Å². The highest BCUT2D eigenvalue weighted by Gasteiger charge is 2.52. The van der Waals surface area contributed by atoms with Crippen LogP contribution in [0.15, 0.2) is 17.1 Å². The average molecular weight is 366 g/mol. The van der Waals surface area contributed by atoms with E-state index in [2.05, 4.69) is 26.0 Å². The summed E-state index contributed by atoms with van der Waals surface area (Å²) < 4.78 is 0. The van der Waals surface area contributed by atoms with Crippen LogP contribution in [0.3, 0.4) is 0 Å². The van der Waals surface area contributed by atoms with Gasteiger partial charge in [-0.05, 0) is 99.0 Å². The number of aliphatic imine (C=N–C) groups is 1. The van der Waals surface area contributed by atoms with E-state index in [0.29, 0.717) is 17.7 Å². The molecule has 0 amide bonds. The van der Waals surface area contributed by atoms with Crippen molar-refractivity contribution in [3.8, 4) is 5.75 Å². The molecule has 5 aliphatic carbocycles. The van der Waals surface area contributed by atoms with Crippen molar-refractivity contribution in [3.63, 3.8) is 0 Å². The second-order valence-corrected chi connectivity index (χ2v) is 10.6. The predicted molar refractivity (Wildman–Crippen MR) is 112 cm³/mol. The quantitative estimate of drug-likeness (QED) is 0.639. The SMILES string of the molecule is Cc1cc(C=NC2CCCCC2C)c(O)c(C23CC4CC(CC(C4)C2)C3)c1. The largest absolute Gasteiger partial charge is 0.507 e. The third-order valence-corrected chi connectivity index (χ3v) is 8.36. The fourth-order valence-electron chi connectivity index (χ4n) is 7.44. The Hall–Kier alpha value is -1.31. The molecule has 2 atom stereocenters. The van der Waals surface area contributed by atoms with Gasteiger partial charge in [-0.25, -0.2) is 0 Å². The molecular weight excluding hydrogens is 330 g/mol. The first-order valence-electron chi connectivity index (χ1n) is 11.4. The number of aromatic hydroxyl groups is 1. The van der Waals surface area contributed by atoms with Gasteiger partial charge in [-0.2, -0.15) is 0 Å². The third kappa shape index (κ3) is 3.13. The van der Waals surface area contributed by atoms with E-state index in [4.69, 9.17) is 4.99 Å². The molecule has 0 radical (unpaired) electrons.